The number of ether oxygens (including phenoxy) is 1. The first-order valence-corrected chi connectivity index (χ1v) is 8.39. The van der Waals surface area contributed by atoms with E-state index in [4.69, 9.17) is 17.0 Å². The average molecular weight is 372 g/mol. The summed E-state index contributed by atoms with van der Waals surface area (Å²) in [5.41, 5.74) is 6.35. The molecular weight excluding hydrogens is 352 g/mol. The zero-order valence-electron chi connectivity index (χ0n) is 14.5. The lowest BCUT2D eigenvalue weighted by Gasteiger charge is -2.12. The summed E-state index contributed by atoms with van der Waals surface area (Å²) < 4.78 is 5.39. The Bertz CT molecular complexity index is 764. The second-order valence-corrected chi connectivity index (χ2v) is 6.12. The number of benzene rings is 1. The van der Waals surface area contributed by atoms with Crippen LogP contribution in [0.5, 0.6) is 5.75 Å². The molecule has 136 valence electrons. The number of nitrogens with zero attached hydrogens (tertiary/aromatic N) is 1. The maximum Gasteiger partial charge on any atom is 0.276 e. The van der Waals surface area contributed by atoms with Gasteiger partial charge in [-0.15, -0.1) is 0 Å². The molecule has 2 aromatic rings. The van der Waals surface area contributed by atoms with Crippen molar-refractivity contribution < 1.29 is 14.3 Å². The molecule has 1 heterocycles. The average Bonchev–Trinajstić information content (AvgIpc) is 2.65. The number of hydrazine groups is 1. The molecule has 2 amide bonds. The number of nitrogens with one attached hydrogen (secondary N) is 3. The normalized spacial score (nSPS) is 10.1. The third-order valence-corrected chi connectivity index (χ3v) is 3.59. The van der Waals surface area contributed by atoms with E-state index in [0.29, 0.717) is 17.2 Å². The Hall–Kier alpha value is -3.00. The van der Waals surface area contributed by atoms with Gasteiger partial charge in [-0.1, -0.05) is 26.0 Å². The lowest BCUT2D eigenvalue weighted by Crippen LogP contribution is -2.49. The summed E-state index contributed by atoms with van der Waals surface area (Å²) >= 11 is 4.95. The number of rotatable bonds is 5. The number of carbonyl (C=O) groups excluding carboxylic acids is 2. The van der Waals surface area contributed by atoms with Crippen molar-refractivity contribution in [1.82, 2.24) is 21.2 Å². The number of hydrogen-bond acceptors (Lipinski definition) is 5. The third-order valence-electron chi connectivity index (χ3n) is 3.38. The fourth-order valence-electron chi connectivity index (χ4n) is 1.96. The minimum atomic E-state index is -0.434. The van der Waals surface area contributed by atoms with Crippen molar-refractivity contribution in [3.63, 3.8) is 0 Å². The van der Waals surface area contributed by atoms with Crippen molar-refractivity contribution in [3.8, 4) is 5.75 Å². The first-order valence-electron chi connectivity index (χ1n) is 7.98. The van der Waals surface area contributed by atoms with E-state index in [-0.39, 0.29) is 11.7 Å². The molecule has 0 radical (unpaired) electrons. The summed E-state index contributed by atoms with van der Waals surface area (Å²) in [6.45, 7) is 4.02. The van der Waals surface area contributed by atoms with E-state index in [2.05, 4.69) is 35.0 Å². The molecule has 1 aromatic heterocycles. The summed E-state index contributed by atoms with van der Waals surface area (Å²) in [7, 11) is 0. The molecule has 3 N–H and O–H groups in total. The summed E-state index contributed by atoms with van der Waals surface area (Å²) in [6, 6.07) is 10.8. The highest BCUT2D eigenvalue weighted by molar-refractivity contribution is 7.80. The van der Waals surface area contributed by atoms with Crippen molar-refractivity contribution in [2.45, 2.75) is 19.8 Å². The Morgan fingerprint density at radius 3 is 2.50 bits per heavy atom. The Morgan fingerprint density at radius 2 is 1.88 bits per heavy atom. The zero-order valence-corrected chi connectivity index (χ0v) is 15.3. The number of carbonyl (C=O) groups is 2. The van der Waals surface area contributed by atoms with Gasteiger partial charge in [-0.2, -0.15) is 0 Å². The van der Waals surface area contributed by atoms with Crippen LogP contribution in [0.2, 0.25) is 0 Å². The Kier molecular flexibility index (Phi) is 7.04. The van der Waals surface area contributed by atoms with Gasteiger partial charge in [-0.3, -0.25) is 30.7 Å². The molecule has 0 aliphatic rings. The molecular formula is C18H20N4O3S. The highest BCUT2D eigenvalue weighted by atomic mass is 32.1. The predicted molar refractivity (Wildman–Crippen MR) is 102 cm³/mol. The van der Waals surface area contributed by atoms with E-state index in [1.54, 1.807) is 18.3 Å². The quantitative estimate of drug-likeness (QED) is 0.549. The smallest absolute Gasteiger partial charge is 0.276 e. The summed E-state index contributed by atoms with van der Waals surface area (Å²) in [6.07, 6.45) is 2.97. The van der Waals surface area contributed by atoms with E-state index >= 15 is 0 Å². The minimum Gasteiger partial charge on any atom is -0.484 e. The molecule has 7 nitrogen and oxygen atoms in total. The maximum atomic E-state index is 11.9. The molecule has 0 aliphatic heterocycles. The molecule has 0 fully saturated rings. The van der Waals surface area contributed by atoms with E-state index in [1.807, 2.05) is 24.3 Å². The summed E-state index contributed by atoms with van der Waals surface area (Å²) in [4.78, 5) is 27.5. The van der Waals surface area contributed by atoms with Gasteiger partial charge >= 0.3 is 0 Å². The predicted octanol–water partition coefficient (Wildman–Crippen LogP) is 1.92. The van der Waals surface area contributed by atoms with Gasteiger partial charge in [0.1, 0.15) is 5.75 Å². The second kappa shape index (κ2) is 9.47. The molecule has 0 atom stereocenters. The van der Waals surface area contributed by atoms with E-state index in [1.165, 1.54) is 11.8 Å². The monoisotopic (exact) mass is 372 g/mol. The molecule has 26 heavy (non-hydrogen) atoms. The number of hydrogen-bond donors (Lipinski definition) is 3. The van der Waals surface area contributed by atoms with Crippen molar-refractivity contribution in [2.75, 3.05) is 6.61 Å². The van der Waals surface area contributed by atoms with Crippen LogP contribution in [0.3, 0.4) is 0 Å². The molecule has 2 rings (SSSR count). The second-order valence-electron chi connectivity index (χ2n) is 5.71. The Morgan fingerprint density at radius 1 is 1.15 bits per heavy atom. The van der Waals surface area contributed by atoms with Crippen LogP contribution in [0.1, 0.15) is 35.7 Å². The minimum absolute atomic E-state index is 0.0338. The molecule has 0 bridgehead atoms. The maximum absolute atomic E-state index is 11.9. The lowest BCUT2D eigenvalue weighted by molar-refractivity contribution is -0.123. The SMILES string of the molecule is CC(C)c1ccc(OCC(=O)NNC(=S)NC(=O)c2cccnc2)cc1. The van der Waals surface area contributed by atoms with Gasteiger partial charge in [-0.05, 0) is 48.0 Å². The largest absolute Gasteiger partial charge is 0.484 e. The van der Waals surface area contributed by atoms with Crippen molar-refractivity contribution >= 4 is 29.1 Å². The molecule has 0 saturated carbocycles. The Balaban J connectivity index is 1.71. The fourth-order valence-corrected chi connectivity index (χ4v) is 2.11. The van der Waals surface area contributed by atoms with Crippen LogP contribution < -0.4 is 20.9 Å². The van der Waals surface area contributed by atoms with Gasteiger partial charge in [0, 0.05) is 12.4 Å². The van der Waals surface area contributed by atoms with Crippen molar-refractivity contribution in [3.05, 3.63) is 59.9 Å². The molecule has 0 saturated heterocycles. The third kappa shape index (κ3) is 6.14. The first kappa shape index (κ1) is 19.3. The summed E-state index contributed by atoms with van der Waals surface area (Å²) in [5, 5.41) is 2.39. The zero-order chi connectivity index (χ0) is 18.9. The van der Waals surface area contributed by atoms with Crippen LogP contribution in [0.4, 0.5) is 0 Å². The van der Waals surface area contributed by atoms with E-state index < -0.39 is 11.8 Å². The van der Waals surface area contributed by atoms with Crippen LogP contribution >= 0.6 is 12.2 Å². The molecule has 0 spiro atoms. The van der Waals surface area contributed by atoms with Gasteiger partial charge in [-0.25, -0.2) is 0 Å². The van der Waals surface area contributed by atoms with E-state index in [0.717, 1.165) is 0 Å². The highest BCUT2D eigenvalue weighted by Crippen LogP contribution is 2.18. The first-order chi connectivity index (χ1) is 12.5. The number of aromatic nitrogens is 1. The molecule has 1 aromatic carbocycles. The van der Waals surface area contributed by atoms with Gasteiger partial charge < -0.3 is 4.74 Å². The number of pyridine rings is 1. The molecule has 0 unspecified atom stereocenters. The number of thiocarbonyl (C=S) groups is 1. The van der Waals surface area contributed by atoms with Crippen molar-refractivity contribution in [1.29, 1.82) is 0 Å². The van der Waals surface area contributed by atoms with Crippen LogP contribution in [-0.4, -0.2) is 28.5 Å². The lowest BCUT2D eigenvalue weighted by atomic mass is 10.0. The molecule has 8 heteroatoms. The highest BCUT2D eigenvalue weighted by Gasteiger charge is 2.09. The van der Waals surface area contributed by atoms with Crippen LogP contribution in [0.15, 0.2) is 48.8 Å². The molecule has 0 aliphatic carbocycles. The van der Waals surface area contributed by atoms with Gasteiger partial charge in [0.25, 0.3) is 11.8 Å². The van der Waals surface area contributed by atoms with Crippen LogP contribution in [-0.2, 0) is 4.79 Å². The summed E-state index contributed by atoms with van der Waals surface area (Å²) in [5.74, 6) is 0.165. The van der Waals surface area contributed by atoms with Gasteiger partial charge in [0.2, 0.25) is 0 Å². The topological polar surface area (TPSA) is 92.4 Å². The Labute approximate surface area is 157 Å². The number of amides is 2. The van der Waals surface area contributed by atoms with Crippen molar-refractivity contribution in [2.24, 2.45) is 0 Å². The van der Waals surface area contributed by atoms with E-state index in [9.17, 15) is 9.59 Å². The van der Waals surface area contributed by atoms with Crippen LogP contribution in [0.25, 0.3) is 0 Å². The standard InChI is InChI=1S/C18H20N4O3S/c1-12(2)13-5-7-15(8-6-13)25-11-16(23)21-22-18(26)20-17(24)14-4-3-9-19-10-14/h3-10,12H,11H2,1-2H3,(H,21,23)(H2,20,22,24,26). The van der Waals surface area contributed by atoms with Crippen LogP contribution in [0, 0.1) is 0 Å². The van der Waals surface area contributed by atoms with Gasteiger partial charge in [0.15, 0.2) is 11.7 Å². The fraction of sp³-hybridized carbons (Fsp3) is 0.222. The van der Waals surface area contributed by atoms with Gasteiger partial charge in [0.05, 0.1) is 5.56 Å².